The highest BCUT2D eigenvalue weighted by molar-refractivity contribution is 4.82. The molecule has 0 spiro atoms. The Hall–Kier alpha value is -0.520. The largest absolute Gasteiger partial charge is 0.0885 e. The molecule has 0 fully saturated rings. The van der Waals surface area contributed by atoms with Crippen LogP contribution in [0.15, 0.2) is 24.3 Å². The lowest BCUT2D eigenvalue weighted by molar-refractivity contribution is 0.606. The third-order valence-electron chi connectivity index (χ3n) is 7.23. The maximum Gasteiger partial charge on any atom is -0.0351 e. The molecule has 0 radical (unpaired) electrons. The molecule has 0 aliphatic carbocycles. The van der Waals surface area contributed by atoms with Crippen LogP contribution in [-0.4, -0.2) is 0 Å². The molecule has 0 unspecified atom stereocenters. The van der Waals surface area contributed by atoms with Gasteiger partial charge in [0.05, 0.1) is 0 Å². The van der Waals surface area contributed by atoms with Gasteiger partial charge in [-0.2, -0.15) is 0 Å². The van der Waals surface area contributed by atoms with Crippen molar-refractivity contribution in [2.75, 3.05) is 0 Å². The second-order valence-electron chi connectivity index (χ2n) is 11.2. The van der Waals surface area contributed by atoms with Gasteiger partial charge in [-0.25, -0.2) is 0 Å². The first-order valence-corrected chi connectivity index (χ1v) is 17.1. The Labute approximate surface area is 231 Å². The Morgan fingerprint density at radius 3 is 0.583 bits per heavy atom. The van der Waals surface area contributed by atoms with E-state index in [0.717, 1.165) is 0 Å². The SMILES string of the molecule is CCCCCCCC/C=C/CCCCCCCC.CCCCCCCC/C=C\CCCCCCCC. The van der Waals surface area contributed by atoms with Crippen LogP contribution in [0, 0.1) is 0 Å². The average molecular weight is 505 g/mol. The molecule has 0 nitrogen and oxygen atoms in total. The summed E-state index contributed by atoms with van der Waals surface area (Å²) in [7, 11) is 0. The normalized spacial score (nSPS) is 11.4. The molecule has 0 aromatic rings. The summed E-state index contributed by atoms with van der Waals surface area (Å²) >= 11 is 0. The van der Waals surface area contributed by atoms with Crippen LogP contribution in [0.25, 0.3) is 0 Å². The minimum Gasteiger partial charge on any atom is -0.0885 e. The number of rotatable bonds is 28. The van der Waals surface area contributed by atoms with Gasteiger partial charge in [-0.3, -0.25) is 0 Å². The Bertz CT molecular complexity index is 317. The number of unbranched alkanes of at least 4 members (excludes halogenated alkanes) is 24. The van der Waals surface area contributed by atoms with Gasteiger partial charge in [-0.15, -0.1) is 0 Å². The third kappa shape index (κ3) is 40.6. The zero-order valence-corrected chi connectivity index (χ0v) is 26.1. The van der Waals surface area contributed by atoms with Crippen LogP contribution in [0.3, 0.4) is 0 Å². The summed E-state index contributed by atoms with van der Waals surface area (Å²) in [6.07, 6.45) is 48.9. The van der Waals surface area contributed by atoms with Crippen molar-refractivity contribution in [2.45, 2.75) is 207 Å². The predicted molar refractivity (Wildman–Crippen MR) is 170 cm³/mol. The minimum absolute atomic E-state index is 1.31. The Morgan fingerprint density at radius 1 is 0.222 bits per heavy atom. The Kier molecular flexibility index (Phi) is 40.8. The molecule has 0 amide bonds. The first kappa shape index (κ1) is 37.6. The Balaban J connectivity index is 0. The number of hydrogen-bond acceptors (Lipinski definition) is 0. The second-order valence-corrected chi connectivity index (χ2v) is 11.2. The summed E-state index contributed by atoms with van der Waals surface area (Å²) in [6.45, 7) is 9.13. The molecule has 216 valence electrons. The molecule has 0 aliphatic rings. The molecule has 0 atom stereocenters. The molecule has 0 rings (SSSR count). The maximum absolute atomic E-state index is 2.41. The maximum atomic E-state index is 2.41. The molecule has 0 N–H and O–H groups in total. The zero-order valence-electron chi connectivity index (χ0n) is 26.1. The van der Waals surface area contributed by atoms with Crippen LogP contribution >= 0.6 is 0 Å². The lowest BCUT2D eigenvalue weighted by Gasteiger charge is -1.98. The van der Waals surface area contributed by atoms with Crippen LogP contribution in [-0.2, 0) is 0 Å². The van der Waals surface area contributed by atoms with Gasteiger partial charge in [0.2, 0.25) is 0 Å². The van der Waals surface area contributed by atoms with Gasteiger partial charge in [0.15, 0.2) is 0 Å². The molecular formula is C36H72. The lowest BCUT2D eigenvalue weighted by Crippen LogP contribution is -1.79. The van der Waals surface area contributed by atoms with Gasteiger partial charge in [0.1, 0.15) is 0 Å². The van der Waals surface area contributed by atoms with Crippen molar-refractivity contribution in [2.24, 2.45) is 0 Å². The van der Waals surface area contributed by atoms with Crippen molar-refractivity contribution < 1.29 is 0 Å². The summed E-state index contributed by atoms with van der Waals surface area (Å²) in [4.78, 5) is 0. The Morgan fingerprint density at radius 2 is 0.389 bits per heavy atom. The first-order chi connectivity index (χ1) is 17.8. The van der Waals surface area contributed by atoms with Gasteiger partial charge in [0.25, 0.3) is 0 Å². The van der Waals surface area contributed by atoms with E-state index in [2.05, 4.69) is 52.0 Å². The van der Waals surface area contributed by atoms with E-state index >= 15 is 0 Å². The molecule has 0 bridgehead atoms. The predicted octanol–water partition coefficient (Wildman–Crippen LogP) is 14.1. The molecular weight excluding hydrogens is 432 g/mol. The fourth-order valence-corrected chi connectivity index (χ4v) is 4.64. The molecule has 0 saturated carbocycles. The van der Waals surface area contributed by atoms with Crippen molar-refractivity contribution in [3.63, 3.8) is 0 Å². The summed E-state index contributed by atoms with van der Waals surface area (Å²) in [5, 5.41) is 0. The number of allylic oxidation sites excluding steroid dienone is 4. The second kappa shape index (κ2) is 39.0. The third-order valence-corrected chi connectivity index (χ3v) is 7.23. The zero-order chi connectivity index (χ0) is 26.6. The van der Waals surface area contributed by atoms with Crippen LogP contribution in [0.2, 0.25) is 0 Å². The van der Waals surface area contributed by atoms with Crippen molar-refractivity contribution in [1.29, 1.82) is 0 Å². The van der Waals surface area contributed by atoms with Crippen LogP contribution < -0.4 is 0 Å². The highest BCUT2D eigenvalue weighted by Gasteiger charge is 1.91. The van der Waals surface area contributed by atoms with E-state index in [0.29, 0.717) is 0 Å². The molecule has 0 aromatic carbocycles. The van der Waals surface area contributed by atoms with Crippen LogP contribution in [0.4, 0.5) is 0 Å². The van der Waals surface area contributed by atoms with E-state index in [1.165, 1.54) is 180 Å². The van der Waals surface area contributed by atoms with Gasteiger partial charge in [0, 0.05) is 0 Å². The van der Waals surface area contributed by atoms with Gasteiger partial charge < -0.3 is 0 Å². The van der Waals surface area contributed by atoms with Crippen LogP contribution in [0.1, 0.15) is 207 Å². The molecule has 0 heteroatoms. The lowest BCUT2D eigenvalue weighted by atomic mass is 10.1. The van der Waals surface area contributed by atoms with Crippen molar-refractivity contribution in [3.8, 4) is 0 Å². The fourth-order valence-electron chi connectivity index (χ4n) is 4.64. The quantitative estimate of drug-likeness (QED) is 0.0733. The highest BCUT2D eigenvalue weighted by Crippen LogP contribution is 2.11. The smallest absolute Gasteiger partial charge is 0.0351 e. The van der Waals surface area contributed by atoms with Crippen molar-refractivity contribution in [1.82, 2.24) is 0 Å². The van der Waals surface area contributed by atoms with Crippen molar-refractivity contribution >= 4 is 0 Å². The van der Waals surface area contributed by atoms with E-state index in [-0.39, 0.29) is 0 Å². The molecule has 0 aromatic heterocycles. The fraction of sp³-hybridized carbons (Fsp3) is 0.889. The van der Waals surface area contributed by atoms with E-state index in [1.54, 1.807) is 0 Å². The molecule has 0 saturated heterocycles. The topological polar surface area (TPSA) is 0 Å². The highest BCUT2D eigenvalue weighted by atomic mass is 14.0. The summed E-state index contributed by atoms with van der Waals surface area (Å²) in [5.74, 6) is 0. The number of hydrogen-bond donors (Lipinski definition) is 0. The van der Waals surface area contributed by atoms with E-state index < -0.39 is 0 Å². The van der Waals surface area contributed by atoms with E-state index in [9.17, 15) is 0 Å². The monoisotopic (exact) mass is 505 g/mol. The standard InChI is InChI=1S/2C18H36/c2*1-3-5-7-9-11-13-15-17-18-16-14-12-10-8-6-4-2/h2*17-18H,3-16H2,1-2H3/b18-17+;18-17-. The molecule has 0 aliphatic heterocycles. The van der Waals surface area contributed by atoms with E-state index in [4.69, 9.17) is 0 Å². The summed E-state index contributed by atoms with van der Waals surface area (Å²) < 4.78 is 0. The van der Waals surface area contributed by atoms with Gasteiger partial charge in [-0.1, -0.05) is 180 Å². The molecule has 36 heavy (non-hydrogen) atoms. The minimum atomic E-state index is 1.31. The average Bonchev–Trinajstić information content (AvgIpc) is 2.89. The van der Waals surface area contributed by atoms with Crippen molar-refractivity contribution in [3.05, 3.63) is 24.3 Å². The summed E-state index contributed by atoms with van der Waals surface area (Å²) in [5.41, 5.74) is 0. The molecule has 0 heterocycles. The summed E-state index contributed by atoms with van der Waals surface area (Å²) in [6, 6.07) is 0. The van der Waals surface area contributed by atoms with Gasteiger partial charge in [-0.05, 0) is 51.4 Å². The van der Waals surface area contributed by atoms with E-state index in [1.807, 2.05) is 0 Å². The van der Waals surface area contributed by atoms with Gasteiger partial charge >= 0.3 is 0 Å². The van der Waals surface area contributed by atoms with Crippen LogP contribution in [0.5, 0.6) is 0 Å². The first-order valence-electron chi connectivity index (χ1n) is 17.1.